The molecule has 5 atom stereocenters. The largest absolute Gasteiger partial charge is 0.489 e. The molecule has 5 aliphatic rings. The molecule has 4 bridgehead atoms. The first kappa shape index (κ1) is 36.4. The predicted molar refractivity (Wildman–Crippen MR) is 184 cm³/mol. The number of ether oxygens (including phenoxy) is 3. The van der Waals surface area contributed by atoms with Crippen LogP contribution in [0.3, 0.4) is 0 Å². The van der Waals surface area contributed by atoms with Crippen LogP contribution in [-0.2, 0) is 47.0 Å². The highest BCUT2D eigenvalue weighted by atomic mass is 32.2. The molecule has 1 aromatic carbocycles. The summed E-state index contributed by atoms with van der Waals surface area (Å²) in [7, 11) is -3.87. The van der Waals surface area contributed by atoms with Gasteiger partial charge in [-0.15, -0.1) is 6.58 Å². The summed E-state index contributed by atoms with van der Waals surface area (Å²) in [6.07, 6.45) is 4.00. The first-order valence-electron chi connectivity index (χ1n) is 17.4. The number of ketones is 1. The van der Waals surface area contributed by atoms with Crippen LogP contribution in [0.5, 0.6) is 5.75 Å². The van der Waals surface area contributed by atoms with E-state index in [4.69, 9.17) is 14.2 Å². The van der Waals surface area contributed by atoms with Crippen molar-refractivity contribution in [3.8, 4) is 5.75 Å². The lowest BCUT2D eigenvalue weighted by Gasteiger charge is -2.35. The summed E-state index contributed by atoms with van der Waals surface area (Å²) in [6, 6.07) is 3.34. The number of carbonyl (C=O) groups is 5. The molecule has 51 heavy (non-hydrogen) atoms. The fourth-order valence-corrected chi connectivity index (χ4v) is 8.51. The third-order valence-corrected chi connectivity index (χ3v) is 12.2. The molecule has 1 aromatic rings. The molecule has 14 nitrogen and oxygen atoms in total. The van der Waals surface area contributed by atoms with E-state index in [2.05, 4.69) is 16.6 Å². The summed E-state index contributed by atoms with van der Waals surface area (Å²) in [6.45, 7) is 9.80. The van der Waals surface area contributed by atoms with Gasteiger partial charge >= 0.3 is 12.2 Å². The first-order valence-corrected chi connectivity index (χ1v) is 19.0. The minimum atomic E-state index is -3.87. The van der Waals surface area contributed by atoms with Gasteiger partial charge in [-0.05, 0) is 48.6 Å². The van der Waals surface area contributed by atoms with E-state index in [0.29, 0.717) is 31.6 Å². The number of cyclic esters (lactones) is 1. The van der Waals surface area contributed by atoms with Crippen molar-refractivity contribution < 1.29 is 46.6 Å². The average molecular weight is 727 g/mol. The molecule has 1 saturated heterocycles. The molecule has 2 aliphatic carbocycles. The van der Waals surface area contributed by atoms with Gasteiger partial charge in [0, 0.05) is 24.9 Å². The van der Waals surface area contributed by atoms with E-state index in [1.165, 1.54) is 15.9 Å². The highest BCUT2D eigenvalue weighted by molar-refractivity contribution is 7.90. The monoisotopic (exact) mass is 726 g/mol. The Hall–Kier alpha value is -4.40. The van der Waals surface area contributed by atoms with Crippen molar-refractivity contribution in [2.75, 3.05) is 19.8 Å². The predicted octanol–water partition coefficient (Wildman–Crippen LogP) is 3.35. The minimum Gasteiger partial charge on any atom is -0.489 e. The number of hydrogen-bond acceptors (Lipinski definition) is 10. The second kappa shape index (κ2) is 14.0. The van der Waals surface area contributed by atoms with E-state index in [9.17, 15) is 32.4 Å². The van der Waals surface area contributed by atoms with Gasteiger partial charge < -0.3 is 24.4 Å². The summed E-state index contributed by atoms with van der Waals surface area (Å²) in [5.74, 6) is -1.63. The first-order chi connectivity index (χ1) is 24.1. The molecule has 15 heteroatoms. The maximum Gasteiger partial charge on any atom is 0.410 e. The Bertz CT molecular complexity index is 1750. The standard InChI is InChI=1S/C36H46N4O10S/c1-5-23-17-36(23,32(43)38-51(46,47)25-12-13-25)18-28(41)27-16-24-20-40(27)31(42)30(35(2,3)4)37-33(44)49-15-8-6-7-14-48-29-11-9-10-22-19-39(21-26(22)29)34(45)50-24/h5-7,9-11,23-25,27,30H,1,8,12-21H2,2-4H3,(H,37,44)(H,38,43)/b7-6+/t23-,24+,27?,30+,36-/m0/s1. The molecule has 2 saturated carbocycles. The molecule has 3 aliphatic heterocycles. The fourth-order valence-electron chi connectivity index (χ4n) is 7.13. The van der Waals surface area contributed by atoms with Gasteiger partial charge in [-0.1, -0.05) is 51.1 Å². The van der Waals surface area contributed by atoms with E-state index in [1.807, 2.05) is 30.4 Å². The number of nitrogens with one attached hydrogen (secondary N) is 2. The summed E-state index contributed by atoms with van der Waals surface area (Å²) in [5, 5.41) is 2.04. The molecule has 276 valence electrons. The van der Waals surface area contributed by atoms with Gasteiger partial charge in [-0.3, -0.25) is 24.0 Å². The molecule has 0 radical (unpaired) electrons. The molecule has 3 heterocycles. The topological polar surface area (TPSA) is 178 Å². The van der Waals surface area contributed by atoms with Crippen molar-refractivity contribution in [3.63, 3.8) is 0 Å². The lowest BCUT2D eigenvalue weighted by atomic mass is 9.85. The number of nitrogens with zero attached hydrogens (tertiary/aromatic N) is 2. The number of hydrogen-bond donors (Lipinski definition) is 2. The van der Waals surface area contributed by atoms with Gasteiger partial charge in [-0.25, -0.2) is 18.0 Å². The second-order valence-corrected chi connectivity index (χ2v) is 17.1. The number of sulfonamides is 1. The number of Topliss-reactive ketones (excluding diaryl/α,β-unsaturated/α-hetero) is 1. The van der Waals surface area contributed by atoms with Gasteiger partial charge in [0.05, 0.1) is 36.4 Å². The number of fused-ring (bicyclic) bond motifs is 3. The Morgan fingerprint density at radius 2 is 1.88 bits per heavy atom. The minimum absolute atomic E-state index is 0.0464. The molecule has 6 rings (SSSR count). The molecule has 0 spiro atoms. The van der Waals surface area contributed by atoms with Gasteiger partial charge in [-0.2, -0.15) is 0 Å². The fraction of sp³-hybridized carbons (Fsp3) is 0.583. The molecular formula is C36H46N4O10S. The Kier molecular flexibility index (Phi) is 9.96. The van der Waals surface area contributed by atoms with Crippen molar-refractivity contribution >= 4 is 39.8 Å². The number of benzene rings is 1. The quantitative estimate of drug-likeness (QED) is 0.396. The zero-order valence-corrected chi connectivity index (χ0v) is 30.0. The molecule has 0 aromatic heterocycles. The molecule has 3 fully saturated rings. The molecule has 4 amide bonds. The van der Waals surface area contributed by atoms with Crippen LogP contribution < -0.4 is 14.8 Å². The van der Waals surface area contributed by atoms with Crippen molar-refractivity contribution in [1.29, 1.82) is 0 Å². The van der Waals surface area contributed by atoms with E-state index in [1.54, 1.807) is 20.8 Å². The van der Waals surface area contributed by atoms with E-state index < -0.39 is 80.0 Å². The highest BCUT2D eigenvalue weighted by Gasteiger charge is 2.61. The zero-order chi connectivity index (χ0) is 36.7. The van der Waals surface area contributed by atoms with Gasteiger partial charge in [0.25, 0.3) is 0 Å². The lowest BCUT2D eigenvalue weighted by molar-refractivity contribution is -0.142. The van der Waals surface area contributed by atoms with Gasteiger partial charge in [0.1, 0.15) is 24.5 Å². The number of amides is 4. The van der Waals surface area contributed by atoms with E-state index >= 15 is 0 Å². The third-order valence-electron chi connectivity index (χ3n) is 10.3. The van der Waals surface area contributed by atoms with Gasteiger partial charge in [0.15, 0.2) is 5.78 Å². The van der Waals surface area contributed by atoms with Crippen molar-refractivity contribution in [3.05, 3.63) is 54.1 Å². The molecular weight excluding hydrogens is 680 g/mol. The number of carbonyl (C=O) groups excluding carboxylic acids is 5. The van der Waals surface area contributed by atoms with Crippen molar-refractivity contribution in [2.45, 2.75) is 95.8 Å². The van der Waals surface area contributed by atoms with Crippen LogP contribution >= 0.6 is 0 Å². The number of allylic oxidation sites excluding steroid dienone is 1. The zero-order valence-electron chi connectivity index (χ0n) is 29.2. The van der Waals surface area contributed by atoms with Crippen LogP contribution in [0.2, 0.25) is 0 Å². The third kappa shape index (κ3) is 7.77. The van der Waals surface area contributed by atoms with Crippen LogP contribution in [0.1, 0.15) is 70.4 Å². The number of alkyl carbamates (subject to hydrolysis) is 1. The van der Waals surface area contributed by atoms with Crippen molar-refractivity contribution in [2.24, 2.45) is 16.7 Å². The molecule has 1 unspecified atom stereocenters. The summed E-state index contributed by atoms with van der Waals surface area (Å²) in [5.41, 5.74) is -0.395. The average Bonchev–Trinajstić information content (AvgIpc) is 3.96. The van der Waals surface area contributed by atoms with E-state index in [0.717, 1.165) is 11.1 Å². The normalized spacial score (nSPS) is 29.2. The summed E-state index contributed by atoms with van der Waals surface area (Å²) >= 11 is 0. The highest BCUT2D eigenvalue weighted by Crippen LogP contribution is 2.57. The Labute approximate surface area is 297 Å². The Balaban J connectivity index is 1.27. The second-order valence-electron chi connectivity index (χ2n) is 15.2. The van der Waals surface area contributed by atoms with Crippen LogP contribution in [0.15, 0.2) is 43.0 Å². The van der Waals surface area contributed by atoms with Crippen LogP contribution in [-0.4, -0.2) is 91.2 Å². The summed E-state index contributed by atoms with van der Waals surface area (Å²) < 4.78 is 44.8. The smallest absolute Gasteiger partial charge is 0.410 e. The van der Waals surface area contributed by atoms with Crippen LogP contribution in [0.4, 0.5) is 9.59 Å². The molecule has 2 N–H and O–H groups in total. The number of rotatable bonds is 7. The Morgan fingerprint density at radius 1 is 1.12 bits per heavy atom. The van der Waals surface area contributed by atoms with Crippen molar-refractivity contribution in [1.82, 2.24) is 19.8 Å². The summed E-state index contributed by atoms with van der Waals surface area (Å²) in [4.78, 5) is 71.4. The van der Waals surface area contributed by atoms with Gasteiger partial charge in [0.2, 0.25) is 21.8 Å². The maximum absolute atomic E-state index is 14.4. The van der Waals surface area contributed by atoms with E-state index in [-0.39, 0.29) is 45.6 Å². The van der Waals surface area contributed by atoms with Crippen LogP contribution in [0, 0.1) is 16.7 Å². The Morgan fingerprint density at radius 3 is 2.57 bits per heavy atom. The lowest BCUT2D eigenvalue weighted by Crippen LogP contribution is -2.57. The van der Waals surface area contributed by atoms with Crippen LogP contribution in [0.25, 0.3) is 0 Å². The SMILES string of the molecule is C=C[C@H]1C[C@@]1(CC(=O)C1C[C@@H]2CN1C(=O)[C@H](C(C)(C)C)NC(=O)OCC/C=C/COc1cccc3c1CN(C3)C(=O)O2)C(=O)NS(=O)(=O)C1CC1. The maximum atomic E-state index is 14.4.